The summed E-state index contributed by atoms with van der Waals surface area (Å²) in [5.41, 5.74) is 0. The number of rotatable bonds is 23. The molecule has 0 aliphatic carbocycles. The molecule has 0 aliphatic rings. The van der Waals surface area contributed by atoms with Crippen molar-refractivity contribution >= 4 is 35.5 Å². The van der Waals surface area contributed by atoms with E-state index in [0.29, 0.717) is 13.2 Å². The Morgan fingerprint density at radius 1 is 0.586 bits per heavy atom. The summed E-state index contributed by atoms with van der Waals surface area (Å²) in [6.45, 7) is 3.19. The molecule has 29 heavy (non-hydrogen) atoms. The van der Waals surface area contributed by atoms with Gasteiger partial charge in [0.2, 0.25) is 0 Å². The number of hydrogen-bond donors (Lipinski definition) is 1. The van der Waals surface area contributed by atoms with Gasteiger partial charge < -0.3 is 10.1 Å². The first kappa shape index (κ1) is 31.6. The summed E-state index contributed by atoms with van der Waals surface area (Å²) < 4.78 is 5.12. The van der Waals surface area contributed by atoms with Gasteiger partial charge in [0, 0.05) is 29.6 Å². The summed E-state index contributed by atoms with van der Waals surface area (Å²) in [7, 11) is 1.76. The van der Waals surface area contributed by atoms with Crippen molar-refractivity contribution in [1.29, 1.82) is 0 Å². The second-order valence-corrected chi connectivity index (χ2v) is 8.47. The number of likely N-dealkylation sites (N-methyl/N-ethyl adjacent to an activating group) is 1. The summed E-state index contributed by atoms with van der Waals surface area (Å²) in [5.74, 6) is -0.139. The first-order valence-corrected chi connectivity index (χ1v) is 12.6. The zero-order valence-electron chi connectivity index (χ0n) is 20.4. The maximum atomic E-state index is 11.2. The maximum absolute atomic E-state index is 11.2. The molecule has 169 valence electrons. The Balaban J connectivity index is 0. The van der Waals surface area contributed by atoms with E-state index in [4.69, 9.17) is 4.74 Å². The second-order valence-electron chi connectivity index (χ2n) is 8.47. The van der Waals surface area contributed by atoms with Crippen LogP contribution in [0.1, 0.15) is 135 Å². The monoisotopic (exact) mass is 420 g/mol. The van der Waals surface area contributed by atoms with Gasteiger partial charge in [-0.05, 0) is 13.5 Å². The minimum atomic E-state index is -0.139. The van der Waals surface area contributed by atoms with Gasteiger partial charge in [-0.25, -0.2) is 0 Å². The van der Waals surface area contributed by atoms with Gasteiger partial charge in [-0.2, -0.15) is 0 Å². The van der Waals surface area contributed by atoms with Crippen LogP contribution in [0.4, 0.5) is 0 Å². The minimum absolute atomic E-state index is 0. The molecular formula is C25H51NNaO2. The van der Waals surface area contributed by atoms with Gasteiger partial charge in [0.15, 0.2) is 0 Å². The van der Waals surface area contributed by atoms with Gasteiger partial charge in [0.25, 0.3) is 0 Å². The molecule has 4 heteroatoms. The van der Waals surface area contributed by atoms with E-state index in [-0.39, 0.29) is 35.5 Å². The van der Waals surface area contributed by atoms with Crippen molar-refractivity contribution in [2.45, 2.75) is 135 Å². The SMILES string of the molecule is CCCCCCCCCCCCCCCCCCCCCCOC(=O)CNC.[Na]. The number of nitrogens with one attached hydrogen (secondary N) is 1. The Hall–Kier alpha value is 0.430. The Morgan fingerprint density at radius 3 is 1.21 bits per heavy atom. The standard InChI is InChI=1S/C25H51NO2.Na/c1-3-4-5-6-7-8-9-10-11-12-13-14-15-16-17-18-19-20-21-22-23-28-25(27)24-26-2;/h26H,3-24H2,1-2H3;. The zero-order chi connectivity index (χ0) is 20.5. The fraction of sp³-hybridized carbons (Fsp3) is 0.960. The third kappa shape index (κ3) is 28.4. The van der Waals surface area contributed by atoms with Gasteiger partial charge >= 0.3 is 5.97 Å². The fourth-order valence-corrected chi connectivity index (χ4v) is 3.74. The number of carbonyl (C=O) groups excluding carboxylic acids is 1. The average molecular weight is 421 g/mol. The quantitative estimate of drug-likeness (QED) is 0.108. The Morgan fingerprint density at radius 2 is 0.897 bits per heavy atom. The first-order chi connectivity index (χ1) is 13.8. The van der Waals surface area contributed by atoms with E-state index < -0.39 is 0 Å². The van der Waals surface area contributed by atoms with Crippen molar-refractivity contribution in [3.8, 4) is 0 Å². The van der Waals surface area contributed by atoms with E-state index in [9.17, 15) is 4.79 Å². The fourth-order valence-electron chi connectivity index (χ4n) is 3.74. The van der Waals surface area contributed by atoms with Gasteiger partial charge in [0.1, 0.15) is 0 Å². The molecule has 0 rings (SSSR count). The predicted octanol–water partition coefficient (Wildman–Crippen LogP) is 7.19. The molecular weight excluding hydrogens is 369 g/mol. The van der Waals surface area contributed by atoms with Crippen LogP contribution in [0, 0.1) is 0 Å². The summed E-state index contributed by atoms with van der Waals surface area (Å²) in [6, 6.07) is 0. The van der Waals surface area contributed by atoms with E-state index in [2.05, 4.69) is 12.2 Å². The summed E-state index contributed by atoms with van der Waals surface area (Å²) in [4.78, 5) is 11.2. The van der Waals surface area contributed by atoms with Crippen molar-refractivity contribution in [2.75, 3.05) is 20.2 Å². The smallest absolute Gasteiger partial charge is 0.319 e. The van der Waals surface area contributed by atoms with Crippen LogP contribution in [-0.2, 0) is 9.53 Å². The number of unbranched alkanes of at least 4 members (excludes halogenated alkanes) is 19. The van der Waals surface area contributed by atoms with Crippen molar-refractivity contribution in [3.05, 3.63) is 0 Å². The third-order valence-electron chi connectivity index (χ3n) is 5.58. The summed E-state index contributed by atoms with van der Waals surface area (Å²) in [5, 5.41) is 2.81. The molecule has 1 radical (unpaired) electrons. The van der Waals surface area contributed by atoms with E-state index in [0.717, 1.165) is 6.42 Å². The molecule has 0 saturated heterocycles. The topological polar surface area (TPSA) is 38.3 Å². The van der Waals surface area contributed by atoms with Gasteiger partial charge in [-0.3, -0.25) is 4.79 Å². The summed E-state index contributed by atoms with van der Waals surface area (Å²) in [6.07, 6.45) is 27.8. The van der Waals surface area contributed by atoms with E-state index in [1.165, 1.54) is 122 Å². The molecule has 0 saturated carbocycles. The van der Waals surface area contributed by atoms with E-state index in [1.807, 2.05) is 0 Å². The largest absolute Gasteiger partial charge is 0.465 e. The minimum Gasteiger partial charge on any atom is -0.465 e. The van der Waals surface area contributed by atoms with Crippen LogP contribution >= 0.6 is 0 Å². The predicted molar refractivity (Wildman–Crippen MR) is 129 cm³/mol. The molecule has 0 heterocycles. The van der Waals surface area contributed by atoms with Gasteiger partial charge in [-0.1, -0.05) is 129 Å². The molecule has 0 atom stereocenters. The van der Waals surface area contributed by atoms with Crippen molar-refractivity contribution in [3.63, 3.8) is 0 Å². The number of esters is 1. The molecule has 0 aliphatic heterocycles. The Kier molecular flexibility index (Phi) is 31.0. The molecule has 1 N–H and O–H groups in total. The molecule has 0 aromatic heterocycles. The van der Waals surface area contributed by atoms with Crippen molar-refractivity contribution < 1.29 is 9.53 Å². The maximum Gasteiger partial charge on any atom is 0.319 e. The third-order valence-corrected chi connectivity index (χ3v) is 5.58. The first-order valence-electron chi connectivity index (χ1n) is 12.6. The van der Waals surface area contributed by atoms with Gasteiger partial charge in [0.05, 0.1) is 13.2 Å². The van der Waals surface area contributed by atoms with Crippen LogP contribution in [0.2, 0.25) is 0 Å². The molecule has 0 aromatic carbocycles. The summed E-state index contributed by atoms with van der Waals surface area (Å²) >= 11 is 0. The second kappa shape index (κ2) is 28.4. The molecule has 0 aromatic rings. The number of ether oxygens (including phenoxy) is 1. The zero-order valence-corrected chi connectivity index (χ0v) is 22.4. The van der Waals surface area contributed by atoms with Crippen LogP contribution in [-0.4, -0.2) is 55.7 Å². The molecule has 0 fully saturated rings. The van der Waals surface area contributed by atoms with Crippen molar-refractivity contribution in [1.82, 2.24) is 5.32 Å². The van der Waals surface area contributed by atoms with Crippen LogP contribution in [0.25, 0.3) is 0 Å². The molecule has 0 unspecified atom stereocenters. The normalized spacial score (nSPS) is 10.7. The van der Waals surface area contributed by atoms with Crippen LogP contribution in [0.3, 0.4) is 0 Å². The molecule has 3 nitrogen and oxygen atoms in total. The molecule has 0 amide bonds. The van der Waals surface area contributed by atoms with Gasteiger partial charge in [-0.15, -0.1) is 0 Å². The van der Waals surface area contributed by atoms with Crippen LogP contribution in [0.15, 0.2) is 0 Å². The van der Waals surface area contributed by atoms with Crippen LogP contribution < -0.4 is 5.32 Å². The van der Waals surface area contributed by atoms with E-state index in [1.54, 1.807) is 7.05 Å². The average Bonchev–Trinajstić information content (AvgIpc) is 2.69. The van der Waals surface area contributed by atoms with E-state index >= 15 is 0 Å². The molecule has 0 spiro atoms. The number of hydrogen-bond acceptors (Lipinski definition) is 3. The Bertz CT molecular complexity index is 313. The van der Waals surface area contributed by atoms with Crippen LogP contribution in [0.5, 0.6) is 0 Å². The number of carbonyl (C=O) groups is 1. The Labute approximate surface area is 205 Å². The molecule has 0 bridgehead atoms. The van der Waals surface area contributed by atoms with Crippen molar-refractivity contribution in [2.24, 2.45) is 0 Å².